The van der Waals surface area contributed by atoms with Crippen LogP contribution in [0.3, 0.4) is 0 Å². The van der Waals surface area contributed by atoms with Crippen LogP contribution in [0, 0.1) is 13.8 Å². The van der Waals surface area contributed by atoms with Crippen LogP contribution in [0.5, 0.6) is 0 Å². The summed E-state index contributed by atoms with van der Waals surface area (Å²) in [5.41, 5.74) is 3.60. The molecule has 0 spiro atoms. The summed E-state index contributed by atoms with van der Waals surface area (Å²) in [6.07, 6.45) is 4.58. The second-order valence-electron chi connectivity index (χ2n) is 5.24. The molecule has 0 radical (unpaired) electrons. The summed E-state index contributed by atoms with van der Waals surface area (Å²) >= 11 is 1.40. The van der Waals surface area contributed by atoms with Gasteiger partial charge in [-0.2, -0.15) is 5.10 Å². The molecule has 1 amide bonds. The highest BCUT2D eigenvalue weighted by Crippen LogP contribution is 2.33. The predicted molar refractivity (Wildman–Crippen MR) is 93.9 cm³/mol. The Hall–Kier alpha value is -2.87. The third kappa shape index (κ3) is 3.23. The van der Waals surface area contributed by atoms with E-state index in [4.69, 9.17) is 0 Å². The van der Waals surface area contributed by atoms with Crippen molar-refractivity contribution in [1.82, 2.24) is 19.9 Å². The highest BCUT2D eigenvalue weighted by atomic mass is 32.1. The van der Waals surface area contributed by atoms with Crippen molar-refractivity contribution < 1.29 is 4.79 Å². The SMILES string of the molecule is CC(=O)N(c1nc(/C=N\n2cnnc2)cs1)c1c(C)cccc1C. The number of hydrogen-bond acceptors (Lipinski definition) is 6. The molecule has 0 aliphatic carbocycles. The Morgan fingerprint density at radius 1 is 1.25 bits per heavy atom. The van der Waals surface area contributed by atoms with Crippen LogP contribution in [0.4, 0.5) is 10.8 Å². The highest BCUT2D eigenvalue weighted by molar-refractivity contribution is 7.14. The van der Waals surface area contributed by atoms with E-state index in [0.29, 0.717) is 10.8 Å². The number of carbonyl (C=O) groups excluding carboxylic acids is 1. The topological polar surface area (TPSA) is 76.3 Å². The van der Waals surface area contributed by atoms with Crippen LogP contribution >= 0.6 is 11.3 Å². The number of rotatable bonds is 4. The second kappa shape index (κ2) is 6.71. The van der Waals surface area contributed by atoms with Gasteiger partial charge in [-0.1, -0.05) is 18.2 Å². The number of hydrogen-bond donors (Lipinski definition) is 0. The van der Waals surface area contributed by atoms with Gasteiger partial charge in [0.25, 0.3) is 0 Å². The molecule has 0 N–H and O–H groups in total. The van der Waals surface area contributed by atoms with Crippen LogP contribution in [-0.2, 0) is 4.79 Å². The molecule has 8 heteroatoms. The van der Waals surface area contributed by atoms with E-state index in [1.54, 1.807) is 11.1 Å². The number of amides is 1. The summed E-state index contributed by atoms with van der Waals surface area (Å²) in [5, 5.41) is 14.0. The molecule has 0 atom stereocenters. The zero-order valence-corrected chi connectivity index (χ0v) is 14.4. The molecular weight excluding hydrogens is 324 g/mol. The van der Waals surface area contributed by atoms with Crippen molar-refractivity contribution in [2.45, 2.75) is 20.8 Å². The first-order valence-electron chi connectivity index (χ1n) is 7.27. The number of para-hydroxylation sites is 1. The van der Waals surface area contributed by atoms with E-state index in [2.05, 4.69) is 20.3 Å². The van der Waals surface area contributed by atoms with Crippen molar-refractivity contribution in [3.8, 4) is 0 Å². The van der Waals surface area contributed by atoms with Crippen LogP contribution in [0.2, 0.25) is 0 Å². The molecule has 0 aliphatic rings. The Morgan fingerprint density at radius 3 is 2.54 bits per heavy atom. The van der Waals surface area contributed by atoms with Gasteiger partial charge in [-0.25, -0.2) is 9.66 Å². The Balaban J connectivity index is 1.95. The Labute approximate surface area is 143 Å². The normalized spacial score (nSPS) is 11.1. The Kier molecular flexibility index (Phi) is 4.48. The zero-order valence-electron chi connectivity index (χ0n) is 13.5. The lowest BCUT2D eigenvalue weighted by atomic mass is 10.1. The minimum atomic E-state index is -0.0796. The fourth-order valence-electron chi connectivity index (χ4n) is 2.37. The van der Waals surface area contributed by atoms with Crippen molar-refractivity contribution in [2.75, 3.05) is 4.90 Å². The van der Waals surface area contributed by atoms with Gasteiger partial charge in [-0.3, -0.25) is 9.69 Å². The molecule has 24 heavy (non-hydrogen) atoms. The van der Waals surface area contributed by atoms with Crippen LogP contribution in [0.15, 0.2) is 41.3 Å². The van der Waals surface area contributed by atoms with Crippen LogP contribution in [0.25, 0.3) is 0 Å². The third-order valence-electron chi connectivity index (χ3n) is 3.41. The summed E-state index contributed by atoms with van der Waals surface area (Å²) in [5.74, 6) is -0.0796. The number of aryl methyl sites for hydroxylation is 2. The van der Waals surface area contributed by atoms with E-state index in [1.165, 1.54) is 35.6 Å². The molecule has 0 fully saturated rings. The lowest BCUT2D eigenvalue weighted by Crippen LogP contribution is -2.24. The predicted octanol–water partition coefficient (Wildman–Crippen LogP) is 2.92. The van der Waals surface area contributed by atoms with Crippen molar-refractivity contribution in [2.24, 2.45) is 5.10 Å². The number of benzene rings is 1. The largest absolute Gasteiger partial charge is 0.274 e. The standard InChI is InChI=1S/C16H16N6OS/c1-11-5-4-6-12(2)15(11)22(13(3)23)16-20-14(8-24-16)7-19-21-9-17-18-10-21/h4-10H,1-3H3/b19-7-. The zero-order chi connectivity index (χ0) is 17.1. The molecule has 122 valence electrons. The van der Waals surface area contributed by atoms with Crippen LogP contribution in [-0.4, -0.2) is 32.0 Å². The Bertz CT molecular complexity index is 864. The smallest absolute Gasteiger partial charge is 0.230 e. The summed E-state index contributed by atoms with van der Waals surface area (Å²) in [6.45, 7) is 5.51. The summed E-state index contributed by atoms with van der Waals surface area (Å²) in [6, 6.07) is 5.95. The van der Waals surface area contributed by atoms with Gasteiger partial charge in [0.15, 0.2) is 5.13 Å². The molecule has 2 aromatic heterocycles. The van der Waals surface area contributed by atoms with Gasteiger partial charge in [0.2, 0.25) is 5.91 Å². The third-order valence-corrected chi connectivity index (χ3v) is 4.25. The maximum atomic E-state index is 12.2. The molecule has 0 aliphatic heterocycles. The highest BCUT2D eigenvalue weighted by Gasteiger charge is 2.21. The monoisotopic (exact) mass is 340 g/mol. The van der Waals surface area contributed by atoms with Gasteiger partial charge in [-0.05, 0) is 25.0 Å². The van der Waals surface area contributed by atoms with E-state index in [9.17, 15) is 4.79 Å². The lowest BCUT2D eigenvalue weighted by Gasteiger charge is -2.22. The number of anilines is 2. The number of thiazole rings is 1. The first kappa shape index (κ1) is 16.0. The molecular formula is C16H16N6OS. The van der Waals surface area contributed by atoms with Crippen molar-refractivity contribution >= 4 is 34.3 Å². The molecule has 0 saturated heterocycles. The van der Waals surface area contributed by atoms with Gasteiger partial charge in [0.05, 0.1) is 17.6 Å². The van der Waals surface area contributed by atoms with E-state index in [1.807, 2.05) is 37.4 Å². The molecule has 3 aromatic rings. The van der Waals surface area contributed by atoms with Crippen molar-refractivity contribution in [3.63, 3.8) is 0 Å². The molecule has 7 nitrogen and oxygen atoms in total. The Morgan fingerprint density at radius 2 is 1.92 bits per heavy atom. The molecule has 0 unspecified atom stereocenters. The summed E-state index contributed by atoms with van der Waals surface area (Å²) < 4.78 is 1.48. The minimum absolute atomic E-state index is 0.0796. The minimum Gasteiger partial charge on any atom is -0.274 e. The van der Waals surface area contributed by atoms with Crippen molar-refractivity contribution in [1.29, 1.82) is 0 Å². The van der Waals surface area contributed by atoms with Gasteiger partial charge >= 0.3 is 0 Å². The van der Waals surface area contributed by atoms with Gasteiger partial charge < -0.3 is 0 Å². The van der Waals surface area contributed by atoms with E-state index < -0.39 is 0 Å². The molecule has 2 heterocycles. The van der Waals surface area contributed by atoms with E-state index >= 15 is 0 Å². The number of carbonyl (C=O) groups is 1. The maximum Gasteiger partial charge on any atom is 0.230 e. The van der Waals surface area contributed by atoms with E-state index in [-0.39, 0.29) is 5.91 Å². The average molecular weight is 340 g/mol. The summed E-state index contributed by atoms with van der Waals surface area (Å²) in [4.78, 5) is 18.4. The van der Waals surface area contributed by atoms with Crippen molar-refractivity contribution in [3.05, 3.63) is 53.1 Å². The van der Waals surface area contributed by atoms with Crippen LogP contribution in [0.1, 0.15) is 23.7 Å². The molecule has 1 aromatic carbocycles. The molecule has 0 saturated carbocycles. The van der Waals surface area contributed by atoms with Gasteiger partial charge in [0.1, 0.15) is 12.7 Å². The van der Waals surface area contributed by atoms with Crippen LogP contribution < -0.4 is 4.90 Å². The quantitative estimate of drug-likeness (QED) is 0.684. The maximum absolute atomic E-state index is 12.2. The van der Waals surface area contributed by atoms with E-state index in [0.717, 1.165) is 16.8 Å². The number of nitrogens with zero attached hydrogens (tertiary/aromatic N) is 6. The van der Waals surface area contributed by atoms with Gasteiger partial charge in [-0.15, -0.1) is 21.5 Å². The first-order valence-corrected chi connectivity index (χ1v) is 8.15. The fraction of sp³-hybridized carbons (Fsp3) is 0.188. The number of aromatic nitrogens is 4. The lowest BCUT2D eigenvalue weighted by molar-refractivity contribution is -0.115. The molecule has 3 rings (SSSR count). The second-order valence-corrected chi connectivity index (χ2v) is 6.07. The molecule has 0 bridgehead atoms. The summed E-state index contributed by atoms with van der Waals surface area (Å²) in [7, 11) is 0. The first-order chi connectivity index (χ1) is 11.6. The van der Waals surface area contributed by atoms with Gasteiger partial charge in [0, 0.05) is 12.3 Å². The average Bonchev–Trinajstić information content (AvgIpc) is 3.20. The fourth-order valence-corrected chi connectivity index (χ4v) is 3.19.